The smallest absolute Gasteiger partial charge is 0.0611 e. The highest BCUT2D eigenvalue weighted by Gasteiger charge is 2.58. The van der Waals surface area contributed by atoms with Gasteiger partial charge in [0.15, 0.2) is 0 Å². The van der Waals surface area contributed by atoms with Crippen LogP contribution in [-0.2, 0) is 0 Å². The van der Waals surface area contributed by atoms with Gasteiger partial charge in [0.25, 0.3) is 0 Å². The molecule has 2 fully saturated rings. The zero-order valence-corrected chi connectivity index (χ0v) is 13.7. The van der Waals surface area contributed by atoms with E-state index in [2.05, 4.69) is 32.1 Å². The number of hydrogen-bond donors (Lipinski definition) is 3. The van der Waals surface area contributed by atoms with Crippen molar-refractivity contribution < 1.29 is 10.2 Å². The monoisotopic (exact) mass is 303 g/mol. The van der Waals surface area contributed by atoms with E-state index in [0.29, 0.717) is 11.8 Å². The van der Waals surface area contributed by atoms with Crippen molar-refractivity contribution in [2.75, 3.05) is 0 Å². The molecule has 0 radical (unpaired) electrons. The second-order valence-electron chi connectivity index (χ2n) is 8.64. The van der Waals surface area contributed by atoms with Crippen LogP contribution in [-0.4, -0.2) is 28.5 Å². The Morgan fingerprint density at radius 1 is 1.18 bits per heavy atom. The third kappa shape index (κ3) is 1.79. The minimum atomic E-state index is -0.280. The van der Waals surface area contributed by atoms with Crippen molar-refractivity contribution in [1.82, 2.24) is 0 Å². The normalized spacial score (nSPS) is 56.9. The van der Waals surface area contributed by atoms with Crippen molar-refractivity contribution in [2.24, 2.45) is 34.3 Å². The zero-order chi connectivity index (χ0) is 15.7. The molecule has 4 aliphatic carbocycles. The van der Waals surface area contributed by atoms with Crippen LogP contribution in [0.25, 0.3) is 0 Å². The highest BCUT2D eigenvalue weighted by atomic mass is 16.3. The van der Waals surface area contributed by atoms with Gasteiger partial charge in [-0.2, -0.15) is 0 Å². The number of hydrogen-bond acceptors (Lipinski definition) is 3. The van der Waals surface area contributed by atoms with Crippen LogP contribution in [0.2, 0.25) is 0 Å². The molecule has 4 unspecified atom stereocenters. The first-order chi connectivity index (χ1) is 10.4. The van der Waals surface area contributed by atoms with E-state index in [0.717, 1.165) is 32.1 Å². The molecular weight excluding hydrogens is 274 g/mol. The molecule has 8 atom stereocenters. The molecule has 4 N–H and O–H groups in total. The molecule has 2 saturated carbocycles. The molecule has 0 aromatic rings. The molecule has 122 valence electrons. The van der Waals surface area contributed by atoms with Gasteiger partial charge in [0.05, 0.1) is 12.2 Å². The SMILES string of the molecule is C[C@]12C=CC(N)CC1CC(O)[C@@H]1C2=CC[C@]2(C)C(O)CC[C@@H]12. The second-order valence-corrected chi connectivity index (χ2v) is 8.64. The van der Waals surface area contributed by atoms with Crippen LogP contribution in [0.15, 0.2) is 23.8 Å². The molecule has 3 heteroatoms. The molecule has 0 aromatic carbocycles. The molecule has 0 aliphatic heterocycles. The topological polar surface area (TPSA) is 66.5 Å². The predicted molar refractivity (Wildman–Crippen MR) is 87.0 cm³/mol. The van der Waals surface area contributed by atoms with E-state index in [1.807, 2.05) is 0 Å². The number of rotatable bonds is 0. The lowest BCUT2D eigenvalue weighted by Gasteiger charge is -2.56. The van der Waals surface area contributed by atoms with Crippen molar-refractivity contribution >= 4 is 0 Å². The van der Waals surface area contributed by atoms with Gasteiger partial charge < -0.3 is 15.9 Å². The Bertz CT molecular complexity index is 542. The van der Waals surface area contributed by atoms with Crippen molar-refractivity contribution in [3.8, 4) is 0 Å². The third-order valence-corrected chi connectivity index (χ3v) is 7.57. The Labute approximate surface area is 133 Å². The summed E-state index contributed by atoms with van der Waals surface area (Å²) in [5.74, 6) is 1.08. The molecule has 0 bridgehead atoms. The summed E-state index contributed by atoms with van der Waals surface area (Å²) in [7, 11) is 0. The van der Waals surface area contributed by atoms with Gasteiger partial charge in [-0.3, -0.25) is 0 Å². The lowest BCUT2D eigenvalue weighted by molar-refractivity contribution is -0.0484. The molecule has 0 saturated heterocycles. The van der Waals surface area contributed by atoms with Crippen LogP contribution < -0.4 is 5.73 Å². The van der Waals surface area contributed by atoms with E-state index in [9.17, 15) is 10.2 Å². The summed E-state index contributed by atoms with van der Waals surface area (Å²) in [6.45, 7) is 4.55. The van der Waals surface area contributed by atoms with Crippen molar-refractivity contribution in [2.45, 2.75) is 64.2 Å². The highest BCUT2D eigenvalue weighted by molar-refractivity contribution is 5.35. The average Bonchev–Trinajstić information content (AvgIpc) is 2.77. The number of allylic oxidation sites excluding steroid dienone is 2. The van der Waals surface area contributed by atoms with Gasteiger partial charge in [-0.1, -0.05) is 37.6 Å². The van der Waals surface area contributed by atoms with E-state index >= 15 is 0 Å². The Hall–Kier alpha value is -0.640. The molecule has 4 rings (SSSR count). The van der Waals surface area contributed by atoms with Crippen LogP contribution in [0, 0.1) is 28.6 Å². The van der Waals surface area contributed by atoms with Gasteiger partial charge in [0.1, 0.15) is 0 Å². The van der Waals surface area contributed by atoms with Gasteiger partial charge >= 0.3 is 0 Å². The molecule has 0 aromatic heterocycles. The summed E-state index contributed by atoms with van der Waals surface area (Å²) in [6.07, 6.45) is 11.0. The Morgan fingerprint density at radius 3 is 2.73 bits per heavy atom. The van der Waals surface area contributed by atoms with Gasteiger partial charge in [-0.05, 0) is 43.9 Å². The molecule has 0 heterocycles. The van der Waals surface area contributed by atoms with Crippen LogP contribution in [0.1, 0.15) is 46.0 Å². The first kappa shape index (κ1) is 14.9. The summed E-state index contributed by atoms with van der Waals surface area (Å²) >= 11 is 0. The van der Waals surface area contributed by atoms with Crippen molar-refractivity contribution in [3.05, 3.63) is 23.8 Å². The quantitative estimate of drug-likeness (QED) is 0.602. The Kier molecular flexibility index (Phi) is 3.18. The first-order valence-corrected chi connectivity index (χ1v) is 8.88. The zero-order valence-electron chi connectivity index (χ0n) is 13.7. The maximum absolute atomic E-state index is 10.9. The van der Waals surface area contributed by atoms with Gasteiger partial charge in [0, 0.05) is 22.8 Å². The predicted octanol–water partition coefficient (Wildman–Crippen LogP) is 2.38. The summed E-state index contributed by atoms with van der Waals surface area (Å²) in [5.41, 5.74) is 7.55. The summed E-state index contributed by atoms with van der Waals surface area (Å²) in [6, 6.07) is 0.129. The number of aliphatic hydroxyl groups excluding tert-OH is 2. The largest absolute Gasteiger partial charge is 0.393 e. The molecule has 0 amide bonds. The maximum Gasteiger partial charge on any atom is 0.0611 e. The van der Waals surface area contributed by atoms with Crippen LogP contribution >= 0.6 is 0 Å². The van der Waals surface area contributed by atoms with Crippen LogP contribution in [0.4, 0.5) is 0 Å². The summed E-state index contributed by atoms with van der Waals surface area (Å²) in [4.78, 5) is 0. The standard InChI is InChI=1S/C19H29NO2/c1-18-7-5-12(20)9-11(18)10-15(21)17-13-3-4-16(22)19(13,2)8-6-14(17)18/h5-7,11-13,15-17,21-22H,3-4,8-10,20H2,1-2H3/t11?,12?,13-,15?,16?,17-,18-,19-/m0/s1. The second kappa shape index (κ2) is 4.68. The lowest BCUT2D eigenvalue weighted by Crippen LogP contribution is -2.53. The van der Waals surface area contributed by atoms with E-state index in [4.69, 9.17) is 5.73 Å². The number of aliphatic hydroxyl groups is 2. The maximum atomic E-state index is 10.9. The fourth-order valence-electron chi connectivity index (χ4n) is 6.08. The van der Waals surface area contributed by atoms with E-state index < -0.39 is 0 Å². The van der Waals surface area contributed by atoms with Gasteiger partial charge in [-0.25, -0.2) is 0 Å². The molecule has 4 aliphatic rings. The minimum Gasteiger partial charge on any atom is -0.393 e. The minimum absolute atomic E-state index is 0.0485. The summed E-state index contributed by atoms with van der Waals surface area (Å²) in [5, 5.41) is 21.4. The van der Waals surface area contributed by atoms with Crippen molar-refractivity contribution in [3.63, 3.8) is 0 Å². The molecule has 0 spiro atoms. The highest BCUT2D eigenvalue weighted by Crippen LogP contribution is 2.62. The molecule has 22 heavy (non-hydrogen) atoms. The molecular formula is C19H29NO2. The first-order valence-electron chi connectivity index (χ1n) is 8.88. The summed E-state index contributed by atoms with van der Waals surface area (Å²) < 4.78 is 0. The fraction of sp³-hybridized carbons (Fsp3) is 0.789. The van der Waals surface area contributed by atoms with Crippen LogP contribution in [0.5, 0.6) is 0 Å². The average molecular weight is 303 g/mol. The number of fused-ring (bicyclic) bond motifs is 5. The third-order valence-electron chi connectivity index (χ3n) is 7.57. The van der Waals surface area contributed by atoms with E-state index in [1.165, 1.54) is 5.57 Å². The lowest BCUT2D eigenvalue weighted by atomic mass is 9.49. The van der Waals surface area contributed by atoms with E-state index in [1.54, 1.807) is 0 Å². The van der Waals surface area contributed by atoms with Crippen molar-refractivity contribution in [1.29, 1.82) is 0 Å². The van der Waals surface area contributed by atoms with Gasteiger partial charge in [0.2, 0.25) is 0 Å². The van der Waals surface area contributed by atoms with E-state index in [-0.39, 0.29) is 35.0 Å². The number of nitrogens with two attached hydrogens (primary N) is 1. The Morgan fingerprint density at radius 2 is 1.95 bits per heavy atom. The Balaban J connectivity index is 1.78. The molecule has 3 nitrogen and oxygen atoms in total. The van der Waals surface area contributed by atoms with Gasteiger partial charge in [-0.15, -0.1) is 0 Å². The van der Waals surface area contributed by atoms with Crippen LogP contribution in [0.3, 0.4) is 0 Å². The fourth-order valence-corrected chi connectivity index (χ4v) is 6.08.